The average molecular weight is 830 g/mol. The van der Waals surface area contributed by atoms with E-state index >= 15 is 0 Å². The highest BCUT2D eigenvalue weighted by Crippen LogP contribution is 2.32. The number of nitrogens with one attached hydrogen (secondary N) is 4. The lowest BCUT2D eigenvalue weighted by atomic mass is 9.85. The Balaban J connectivity index is 1.10. The van der Waals surface area contributed by atoms with Crippen molar-refractivity contribution in [3.8, 4) is 17.2 Å². The van der Waals surface area contributed by atoms with E-state index in [9.17, 15) is 24.3 Å². The Morgan fingerprint density at radius 3 is 1.82 bits per heavy atom. The molecule has 61 heavy (non-hydrogen) atoms. The van der Waals surface area contributed by atoms with Crippen LogP contribution in [0.2, 0.25) is 0 Å². The standard InChI is InChI=1S/C48H55N5O8/c1-29(2)27-60-43-24-35(46(56)50-37-16-12-32(13-17-37)45(55)51-38-22-33-8-6-7-9-39(33)49-26-38)14-18-40(43)53-48(58)36-15-19-41(44(25-36)61-28-30(3)4)52-47(57)34-11-10-31(5)42(23-34)59-21-20-54/h6-11,14-15,18-19,22-26,29-30,32,37,54H,12-13,16-17,20-21,27-28H2,1-5H3,(H,50,56)(H,51,55)(H,52,57)(H,53,58). The number of aromatic nitrogens is 1. The first-order valence-electron chi connectivity index (χ1n) is 20.8. The average Bonchev–Trinajstić information content (AvgIpc) is 3.25. The number of para-hydroxylation sites is 1. The van der Waals surface area contributed by atoms with E-state index in [0.717, 1.165) is 16.5 Å². The van der Waals surface area contributed by atoms with Crippen LogP contribution in [-0.4, -0.2) is 66.2 Å². The first-order chi connectivity index (χ1) is 29.4. The van der Waals surface area contributed by atoms with Crippen LogP contribution in [-0.2, 0) is 4.79 Å². The fraction of sp³-hybridized carbons (Fsp3) is 0.354. The maximum Gasteiger partial charge on any atom is 0.255 e. The van der Waals surface area contributed by atoms with Crippen molar-refractivity contribution in [3.63, 3.8) is 0 Å². The predicted molar refractivity (Wildman–Crippen MR) is 237 cm³/mol. The van der Waals surface area contributed by atoms with Gasteiger partial charge < -0.3 is 40.6 Å². The van der Waals surface area contributed by atoms with Crippen LogP contribution >= 0.6 is 0 Å². The second kappa shape index (κ2) is 20.7. The van der Waals surface area contributed by atoms with Gasteiger partial charge in [0.2, 0.25) is 5.91 Å². The fourth-order valence-electron chi connectivity index (χ4n) is 6.88. The first kappa shape index (κ1) is 44.1. The molecule has 1 aliphatic rings. The Hall–Kier alpha value is -6.47. The first-order valence-corrected chi connectivity index (χ1v) is 20.8. The van der Waals surface area contributed by atoms with Gasteiger partial charge in [-0.05, 0) is 111 Å². The molecule has 0 atom stereocenters. The van der Waals surface area contributed by atoms with Gasteiger partial charge in [0, 0.05) is 34.0 Å². The van der Waals surface area contributed by atoms with Crippen LogP contribution in [0.3, 0.4) is 0 Å². The van der Waals surface area contributed by atoms with Crippen LogP contribution in [0.4, 0.5) is 17.1 Å². The Labute approximate surface area is 356 Å². The van der Waals surface area contributed by atoms with Crippen molar-refractivity contribution in [2.24, 2.45) is 17.8 Å². The molecule has 0 radical (unpaired) electrons. The zero-order valence-electron chi connectivity index (χ0n) is 35.4. The number of carbonyl (C=O) groups excluding carboxylic acids is 4. The Kier molecular flexibility index (Phi) is 14.9. The number of ether oxygens (including phenoxy) is 3. The van der Waals surface area contributed by atoms with Gasteiger partial charge in [0.1, 0.15) is 23.9 Å². The molecule has 0 aliphatic heterocycles. The van der Waals surface area contributed by atoms with Crippen LogP contribution in [0.25, 0.3) is 10.9 Å². The molecule has 5 aromatic rings. The second-order valence-electron chi connectivity index (χ2n) is 16.2. The lowest BCUT2D eigenvalue weighted by molar-refractivity contribution is -0.120. The molecule has 1 aromatic heterocycles. The van der Waals surface area contributed by atoms with Gasteiger partial charge in [0.25, 0.3) is 17.7 Å². The summed E-state index contributed by atoms with van der Waals surface area (Å²) in [4.78, 5) is 58.2. The SMILES string of the molecule is Cc1ccc(C(=O)Nc2ccc(C(=O)Nc3ccc(C(=O)NC4CCC(C(=O)Nc5cnc6ccccc6c5)CC4)cc3OCC(C)C)cc2OCC(C)C)cc1OCCO. The van der Waals surface area contributed by atoms with E-state index in [4.69, 9.17) is 14.2 Å². The van der Waals surface area contributed by atoms with E-state index < -0.39 is 11.8 Å². The van der Waals surface area contributed by atoms with Gasteiger partial charge in [-0.15, -0.1) is 0 Å². The van der Waals surface area contributed by atoms with Crippen LogP contribution in [0.5, 0.6) is 17.2 Å². The molecule has 4 amide bonds. The molecule has 1 heterocycles. The summed E-state index contributed by atoms with van der Waals surface area (Å²) >= 11 is 0. The summed E-state index contributed by atoms with van der Waals surface area (Å²) in [5, 5.41) is 22.1. The lowest BCUT2D eigenvalue weighted by Crippen LogP contribution is -2.39. The van der Waals surface area contributed by atoms with Gasteiger partial charge in [-0.3, -0.25) is 24.2 Å². The summed E-state index contributed by atoms with van der Waals surface area (Å²) in [6.07, 6.45) is 4.26. The normalized spacial score (nSPS) is 15.0. The van der Waals surface area contributed by atoms with Gasteiger partial charge in [-0.2, -0.15) is 0 Å². The van der Waals surface area contributed by atoms with E-state index in [1.807, 2.05) is 65.0 Å². The molecule has 5 N–H and O–H groups in total. The molecule has 1 saturated carbocycles. The minimum Gasteiger partial charge on any atom is -0.491 e. The van der Waals surface area contributed by atoms with E-state index in [1.165, 1.54) is 0 Å². The van der Waals surface area contributed by atoms with Crippen LogP contribution in [0.15, 0.2) is 91.1 Å². The van der Waals surface area contributed by atoms with Crippen molar-refractivity contribution in [3.05, 3.63) is 113 Å². The van der Waals surface area contributed by atoms with E-state index in [-0.39, 0.29) is 54.4 Å². The molecular weight excluding hydrogens is 775 g/mol. The van der Waals surface area contributed by atoms with Crippen molar-refractivity contribution >= 4 is 51.6 Å². The third-order valence-corrected chi connectivity index (χ3v) is 10.2. The number of benzene rings is 4. The predicted octanol–water partition coefficient (Wildman–Crippen LogP) is 8.42. The van der Waals surface area contributed by atoms with E-state index in [0.29, 0.717) is 84.3 Å². The summed E-state index contributed by atoms with van der Waals surface area (Å²) in [5.74, 6) is 0.167. The summed E-state index contributed by atoms with van der Waals surface area (Å²) in [7, 11) is 0. The highest BCUT2D eigenvalue weighted by atomic mass is 16.5. The molecule has 1 fully saturated rings. The molecule has 6 rings (SSSR count). The van der Waals surface area contributed by atoms with Gasteiger partial charge in [-0.25, -0.2) is 0 Å². The summed E-state index contributed by atoms with van der Waals surface area (Å²) < 4.78 is 17.8. The quantitative estimate of drug-likeness (QED) is 0.0616. The van der Waals surface area contributed by atoms with Gasteiger partial charge in [0.05, 0.1) is 48.6 Å². The number of pyridine rings is 1. The van der Waals surface area contributed by atoms with Gasteiger partial charge >= 0.3 is 0 Å². The largest absolute Gasteiger partial charge is 0.491 e. The highest BCUT2D eigenvalue weighted by Gasteiger charge is 2.28. The lowest BCUT2D eigenvalue weighted by Gasteiger charge is -2.28. The van der Waals surface area contributed by atoms with Crippen LogP contribution < -0.4 is 35.5 Å². The minimum absolute atomic E-state index is 0.0488. The van der Waals surface area contributed by atoms with Gasteiger partial charge in [0.15, 0.2) is 0 Å². The van der Waals surface area contributed by atoms with Crippen LogP contribution in [0, 0.1) is 24.7 Å². The van der Waals surface area contributed by atoms with Crippen molar-refractivity contribution in [2.75, 3.05) is 42.4 Å². The number of carbonyl (C=O) groups is 4. The molecule has 0 bridgehead atoms. The number of anilines is 3. The number of hydrogen-bond acceptors (Lipinski definition) is 9. The van der Waals surface area contributed by atoms with Crippen molar-refractivity contribution < 1.29 is 38.5 Å². The molecule has 0 spiro atoms. The number of amides is 4. The number of aliphatic hydroxyl groups is 1. The molecule has 0 unspecified atom stereocenters. The maximum atomic E-state index is 13.8. The number of fused-ring (bicyclic) bond motifs is 1. The zero-order chi connectivity index (χ0) is 43.5. The molecular formula is C48H55N5O8. The summed E-state index contributed by atoms with van der Waals surface area (Å²) in [6, 6.07) is 24.3. The molecule has 320 valence electrons. The second-order valence-corrected chi connectivity index (χ2v) is 16.2. The monoisotopic (exact) mass is 829 g/mol. The molecule has 0 saturated heterocycles. The van der Waals surface area contributed by atoms with Crippen molar-refractivity contribution in [1.82, 2.24) is 10.3 Å². The number of rotatable bonds is 17. The molecule has 1 aliphatic carbocycles. The molecule has 13 heteroatoms. The maximum absolute atomic E-state index is 13.8. The number of nitrogens with zero attached hydrogens (tertiary/aromatic N) is 1. The fourth-order valence-corrected chi connectivity index (χ4v) is 6.88. The number of aryl methyl sites for hydroxylation is 1. The van der Waals surface area contributed by atoms with Crippen molar-refractivity contribution in [1.29, 1.82) is 0 Å². The Morgan fingerprint density at radius 1 is 0.672 bits per heavy atom. The minimum atomic E-state index is -0.444. The van der Waals surface area contributed by atoms with E-state index in [1.54, 1.807) is 60.8 Å². The third-order valence-electron chi connectivity index (χ3n) is 10.2. The van der Waals surface area contributed by atoms with Crippen molar-refractivity contribution in [2.45, 2.75) is 66.3 Å². The van der Waals surface area contributed by atoms with E-state index in [2.05, 4.69) is 26.3 Å². The third kappa shape index (κ3) is 12.1. The highest BCUT2D eigenvalue weighted by molar-refractivity contribution is 6.08. The van der Waals surface area contributed by atoms with Gasteiger partial charge in [-0.1, -0.05) is 52.0 Å². The zero-order valence-corrected chi connectivity index (χ0v) is 35.4. The number of hydrogen-bond donors (Lipinski definition) is 5. The molecule has 4 aromatic carbocycles. The summed E-state index contributed by atoms with van der Waals surface area (Å²) in [6.45, 7) is 10.5. The Bertz CT molecular complexity index is 2350. The molecule has 13 nitrogen and oxygen atoms in total. The Morgan fingerprint density at radius 2 is 1.23 bits per heavy atom. The van der Waals surface area contributed by atoms with Crippen LogP contribution in [0.1, 0.15) is 90.0 Å². The number of aliphatic hydroxyl groups excluding tert-OH is 1. The smallest absolute Gasteiger partial charge is 0.255 e. The topological polar surface area (TPSA) is 177 Å². The summed E-state index contributed by atoms with van der Waals surface area (Å²) in [5.41, 5.74) is 4.13.